The van der Waals surface area contributed by atoms with Crippen molar-refractivity contribution in [3.63, 3.8) is 0 Å². The van der Waals surface area contributed by atoms with Crippen LogP contribution in [0.2, 0.25) is 0 Å². The van der Waals surface area contributed by atoms with Crippen LogP contribution < -0.4 is 0 Å². The molecule has 0 saturated heterocycles. The van der Waals surface area contributed by atoms with E-state index in [-0.39, 0.29) is 6.61 Å². The minimum Gasteiger partial charge on any atom is -0.465 e. The number of esters is 2. The van der Waals surface area contributed by atoms with Crippen LogP contribution in [0.25, 0.3) is 0 Å². The molecule has 1 N–H and O–H groups in total. The summed E-state index contributed by atoms with van der Waals surface area (Å²) in [4.78, 5) is 23.6. The summed E-state index contributed by atoms with van der Waals surface area (Å²) in [5.41, 5.74) is 0. The van der Waals surface area contributed by atoms with Crippen molar-refractivity contribution in [2.24, 2.45) is 0 Å². The molecule has 0 amide bonds. The van der Waals surface area contributed by atoms with Gasteiger partial charge in [-0.25, -0.2) is 0 Å². The summed E-state index contributed by atoms with van der Waals surface area (Å²) < 4.78 is 156. The van der Waals surface area contributed by atoms with Gasteiger partial charge in [-0.1, -0.05) is 51.9 Å². The highest BCUT2D eigenvalue weighted by molar-refractivity contribution is 7.87. The van der Waals surface area contributed by atoms with Crippen molar-refractivity contribution in [2.45, 2.75) is 100 Å². The van der Waals surface area contributed by atoms with Crippen LogP contribution in [-0.4, -0.2) is 67.3 Å². The third kappa shape index (κ3) is 10.9. The number of rotatable bonds is 18. The zero-order valence-electron chi connectivity index (χ0n) is 19.8. The number of hydrogen-bond acceptors (Lipinski definition) is 6. The molecule has 1 unspecified atom stereocenters. The molecular formula is C20H29F9O7S. The fourth-order valence-electron chi connectivity index (χ4n) is 2.88. The SMILES string of the molecule is CCCCCCCCCCOC(=O)C(CC(=O)OCCC(F)(F)C(F)(F)C(F)(F)C(F)(F)F)S(=O)(=O)O. The maximum Gasteiger partial charge on any atom is 0.460 e. The Hall–Kier alpha value is -1.78. The van der Waals surface area contributed by atoms with Crippen LogP contribution >= 0.6 is 0 Å². The molecule has 0 bridgehead atoms. The number of carbonyl (C=O) groups excluding carboxylic acids is 2. The van der Waals surface area contributed by atoms with Gasteiger partial charge in [-0.2, -0.15) is 47.9 Å². The van der Waals surface area contributed by atoms with Gasteiger partial charge >= 0.3 is 35.9 Å². The maximum atomic E-state index is 13.4. The van der Waals surface area contributed by atoms with Crippen molar-refractivity contribution in [3.05, 3.63) is 0 Å². The largest absolute Gasteiger partial charge is 0.465 e. The average molecular weight is 584 g/mol. The number of halogens is 9. The van der Waals surface area contributed by atoms with Gasteiger partial charge in [-0.3, -0.25) is 14.1 Å². The van der Waals surface area contributed by atoms with Gasteiger partial charge in [-0.05, 0) is 6.42 Å². The van der Waals surface area contributed by atoms with E-state index >= 15 is 0 Å². The Kier molecular flexibility index (Phi) is 13.7. The van der Waals surface area contributed by atoms with E-state index in [0.717, 1.165) is 38.5 Å². The molecule has 0 aromatic heterocycles. The van der Waals surface area contributed by atoms with Crippen LogP contribution in [-0.2, 0) is 29.2 Å². The smallest absolute Gasteiger partial charge is 0.460 e. The second-order valence-electron chi connectivity index (χ2n) is 8.17. The molecule has 0 fully saturated rings. The van der Waals surface area contributed by atoms with Crippen LogP contribution in [0.5, 0.6) is 0 Å². The summed E-state index contributed by atoms with van der Waals surface area (Å²) in [7, 11) is -5.30. The predicted octanol–water partition coefficient (Wildman–Crippen LogP) is 5.72. The Labute approximate surface area is 207 Å². The van der Waals surface area contributed by atoms with Crippen molar-refractivity contribution in [2.75, 3.05) is 13.2 Å². The van der Waals surface area contributed by atoms with Crippen LogP contribution in [0.4, 0.5) is 39.5 Å². The molecule has 0 aromatic carbocycles. The van der Waals surface area contributed by atoms with E-state index in [1.807, 2.05) is 0 Å². The van der Waals surface area contributed by atoms with Crippen LogP contribution in [0.15, 0.2) is 0 Å². The average Bonchev–Trinajstić information content (AvgIpc) is 2.74. The standard InChI is InChI=1S/C20H29F9O7S/c1-2-3-4-5-6-7-8-9-11-36-16(31)14(37(32,33)34)13-15(30)35-12-10-17(21,22)18(23,24)19(25,26)20(27,28)29/h14H,2-13H2,1H3,(H,32,33,34). The van der Waals surface area contributed by atoms with E-state index in [9.17, 15) is 57.5 Å². The van der Waals surface area contributed by atoms with Crippen molar-refractivity contribution in [3.8, 4) is 0 Å². The second-order valence-corrected chi connectivity index (χ2v) is 9.77. The van der Waals surface area contributed by atoms with Gasteiger partial charge in [0.2, 0.25) is 0 Å². The molecule has 1 atom stereocenters. The van der Waals surface area contributed by atoms with Gasteiger partial charge in [-0.15, -0.1) is 0 Å². The number of alkyl halides is 9. The summed E-state index contributed by atoms with van der Waals surface area (Å²) in [6.07, 6.45) is -4.16. The lowest BCUT2D eigenvalue weighted by atomic mass is 10.0. The van der Waals surface area contributed by atoms with Gasteiger partial charge in [0, 0.05) is 0 Å². The monoisotopic (exact) mass is 584 g/mol. The Morgan fingerprint density at radius 2 is 1.24 bits per heavy atom. The van der Waals surface area contributed by atoms with Gasteiger partial charge in [0.15, 0.2) is 5.25 Å². The van der Waals surface area contributed by atoms with E-state index in [4.69, 9.17) is 4.55 Å². The molecule has 0 aliphatic rings. The van der Waals surface area contributed by atoms with Crippen LogP contribution in [0.1, 0.15) is 71.1 Å². The highest BCUT2D eigenvalue weighted by Gasteiger charge is 2.81. The first-order valence-corrected chi connectivity index (χ1v) is 12.7. The fraction of sp³-hybridized carbons (Fsp3) is 0.900. The Morgan fingerprint density at radius 3 is 1.70 bits per heavy atom. The quantitative estimate of drug-likeness (QED) is 0.0951. The molecule has 0 aliphatic carbocycles. The fourth-order valence-corrected chi connectivity index (χ4v) is 3.54. The zero-order valence-corrected chi connectivity index (χ0v) is 20.6. The van der Waals surface area contributed by atoms with E-state index in [2.05, 4.69) is 16.4 Å². The molecule has 7 nitrogen and oxygen atoms in total. The molecule has 0 spiro atoms. The predicted molar refractivity (Wildman–Crippen MR) is 110 cm³/mol. The lowest BCUT2D eigenvalue weighted by Crippen LogP contribution is -2.61. The third-order valence-electron chi connectivity index (χ3n) is 5.11. The van der Waals surface area contributed by atoms with Crippen molar-refractivity contribution < 1.29 is 71.5 Å². The molecule has 0 aromatic rings. The van der Waals surface area contributed by atoms with Gasteiger partial charge < -0.3 is 9.47 Å². The topological polar surface area (TPSA) is 107 Å². The number of carbonyl (C=O) groups is 2. The first-order chi connectivity index (χ1) is 16.7. The van der Waals surface area contributed by atoms with E-state index in [1.165, 1.54) is 0 Å². The molecule has 0 aliphatic heterocycles. The molecule has 0 radical (unpaired) electrons. The first kappa shape index (κ1) is 35.2. The molecule has 0 rings (SSSR count). The molecule has 0 saturated carbocycles. The van der Waals surface area contributed by atoms with Gasteiger partial charge in [0.1, 0.15) is 0 Å². The first-order valence-electron chi connectivity index (χ1n) is 11.2. The Bertz CT molecular complexity index is 831. The number of ether oxygens (including phenoxy) is 2. The van der Waals surface area contributed by atoms with Crippen LogP contribution in [0.3, 0.4) is 0 Å². The second kappa shape index (κ2) is 14.4. The minimum atomic E-state index is -7.12. The number of hydrogen-bond donors (Lipinski definition) is 1. The summed E-state index contributed by atoms with van der Waals surface area (Å²) in [6.45, 7) is -0.0789. The molecule has 0 heterocycles. The molecular weight excluding hydrogens is 555 g/mol. The Morgan fingerprint density at radius 1 is 0.757 bits per heavy atom. The minimum absolute atomic E-state index is 0.288. The summed E-state index contributed by atoms with van der Waals surface area (Å²) in [6, 6.07) is 0. The van der Waals surface area contributed by atoms with Crippen molar-refractivity contribution in [1.29, 1.82) is 0 Å². The normalized spacial score (nSPS) is 14.4. The molecule has 37 heavy (non-hydrogen) atoms. The van der Waals surface area contributed by atoms with Gasteiger partial charge in [0.25, 0.3) is 10.1 Å². The summed E-state index contributed by atoms with van der Waals surface area (Å²) in [5.74, 6) is -23.5. The van der Waals surface area contributed by atoms with E-state index in [1.54, 1.807) is 0 Å². The lowest BCUT2D eigenvalue weighted by Gasteiger charge is -2.33. The maximum absolute atomic E-state index is 13.4. The highest BCUT2D eigenvalue weighted by Crippen LogP contribution is 2.53. The highest BCUT2D eigenvalue weighted by atomic mass is 32.2. The third-order valence-corrected chi connectivity index (χ3v) is 6.18. The molecule has 17 heteroatoms. The molecule has 220 valence electrons. The Balaban J connectivity index is 4.80. The van der Waals surface area contributed by atoms with Crippen LogP contribution in [0, 0.1) is 0 Å². The summed E-state index contributed by atoms with van der Waals surface area (Å²) in [5, 5.41) is -2.58. The lowest BCUT2D eigenvalue weighted by molar-refractivity contribution is -0.397. The number of unbranched alkanes of at least 4 members (excludes halogenated alkanes) is 7. The van der Waals surface area contributed by atoms with Crippen molar-refractivity contribution in [1.82, 2.24) is 0 Å². The van der Waals surface area contributed by atoms with E-state index < -0.39 is 70.7 Å². The van der Waals surface area contributed by atoms with Crippen molar-refractivity contribution >= 4 is 22.1 Å². The zero-order chi connectivity index (χ0) is 29.1. The van der Waals surface area contributed by atoms with E-state index in [0.29, 0.717) is 12.8 Å². The van der Waals surface area contributed by atoms with Gasteiger partial charge in [0.05, 0.1) is 26.1 Å². The summed E-state index contributed by atoms with van der Waals surface area (Å²) >= 11 is 0.